The highest BCUT2D eigenvalue weighted by atomic mass is 79.9. The second-order valence-corrected chi connectivity index (χ2v) is 12.4. The maximum atomic E-state index is 12.4. The summed E-state index contributed by atoms with van der Waals surface area (Å²) in [4.78, 5) is 24.7. The van der Waals surface area contributed by atoms with Crippen LogP contribution in [0.5, 0.6) is 5.75 Å². The van der Waals surface area contributed by atoms with Crippen LogP contribution < -0.4 is 10.1 Å². The number of aliphatic hydroxyl groups excluding tert-OH is 1. The fourth-order valence-electron chi connectivity index (χ4n) is 4.00. The van der Waals surface area contributed by atoms with E-state index in [9.17, 15) is 14.7 Å². The van der Waals surface area contributed by atoms with E-state index in [1.807, 2.05) is 87.5 Å². The summed E-state index contributed by atoms with van der Waals surface area (Å²) in [5.74, 6) is 0.311. The van der Waals surface area contributed by atoms with Gasteiger partial charge in [-0.05, 0) is 94.1 Å². The molecule has 0 spiro atoms. The molecule has 0 aliphatic rings. The summed E-state index contributed by atoms with van der Waals surface area (Å²) in [6.07, 6.45) is -0.473. The second kappa shape index (κ2) is 13.3. The Morgan fingerprint density at radius 2 is 1.57 bits per heavy atom. The number of halogens is 1. The molecule has 0 aliphatic carbocycles. The molecule has 2 N–H and O–H groups in total. The van der Waals surface area contributed by atoms with E-state index in [1.54, 1.807) is 20.8 Å². The van der Waals surface area contributed by atoms with Crippen molar-refractivity contribution in [3.8, 4) is 16.9 Å². The van der Waals surface area contributed by atoms with E-state index in [1.165, 1.54) is 0 Å². The van der Waals surface area contributed by atoms with E-state index in [0.29, 0.717) is 5.75 Å². The van der Waals surface area contributed by atoms with Gasteiger partial charge in [0.1, 0.15) is 23.6 Å². The Hall–Kier alpha value is -3.36. The van der Waals surface area contributed by atoms with Gasteiger partial charge in [-0.25, -0.2) is 4.79 Å². The quantitative estimate of drug-likeness (QED) is 0.250. The maximum absolute atomic E-state index is 12.4. The zero-order valence-electron chi connectivity index (χ0n) is 23.9. The number of hydrogen-bond donors (Lipinski definition) is 2. The van der Waals surface area contributed by atoms with Crippen LogP contribution in [0.15, 0.2) is 71.2 Å². The van der Waals surface area contributed by atoms with Crippen molar-refractivity contribution < 1.29 is 28.9 Å². The number of benzene rings is 3. The molecule has 8 heteroatoms. The Labute approximate surface area is 245 Å². The van der Waals surface area contributed by atoms with Crippen LogP contribution in [0.2, 0.25) is 0 Å². The molecular weight excluding hydrogens is 574 g/mol. The third-order valence-corrected chi connectivity index (χ3v) is 6.03. The number of esters is 1. The first-order valence-electron chi connectivity index (χ1n) is 13.1. The molecule has 1 atom stereocenters. The number of carbonyl (C=O) groups is 2. The number of para-hydroxylation sites is 1. The normalized spacial score (nSPS) is 12.4. The zero-order chi connectivity index (χ0) is 29.5. The van der Waals surface area contributed by atoms with E-state index >= 15 is 0 Å². The molecule has 0 radical (unpaired) electrons. The van der Waals surface area contributed by atoms with Gasteiger partial charge >= 0.3 is 12.1 Å². The fraction of sp³-hybridized carbons (Fsp3) is 0.375. The molecule has 0 aromatic heterocycles. The molecule has 0 saturated carbocycles. The number of ether oxygens (including phenoxy) is 3. The van der Waals surface area contributed by atoms with E-state index in [0.717, 1.165) is 32.3 Å². The van der Waals surface area contributed by atoms with Crippen LogP contribution in [-0.2, 0) is 27.3 Å². The first-order chi connectivity index (χ1) is 18.7. The zero-order valence-corrected chi connectivity index (χ0v) is 25.5. The number of hydrogen-bond acceptors (Lipinski definition) is 6. The van der Waals surface area contributed by atoms with Gasteiger partial charge in [0.25, 0.3) is 0 Å². The third-order valence-electron chi connectivity index (χ3n) is 5.58. The summed E-state index contributed by atoms with van der Waals surface area (Å²) in [6.45, 7) is 10.9. The largest absolute Gasteiger partial charge is 0.489 e. The van der Waals surface area contributed by atoms with Crippen molar-refractivity contribution in [2.45, 2.75) is 71.8 Å². The van der Waals surface area contributed by atoms with Gasteiger partial charge in [-0.2, -0.15) is 0 Å². The van der Waals surface area contributed by atoms with E-state index in [-0.39, 0.29) is 25.6 Å². The molecule has 3 aromatic rings. The Balaban J connectivity index is 1.77. The number of rotatable bonds is 9. The molecule has 0 fully saturated rings. The predicted molar refractivity (Wildman–Crippen MR) is 159 cm³/mol. The van der Waals surface area contributed by atoms with Crippen LogP contribution in [0, 0.1) is 0 Å². The summed E-state index contributed by atoms with van der Waals surface area (Å²) in [5, 5.41) is 12.7. The van der Waals surface area contributed by atoms with Crippen LogP contribution in [0.25, 0.3) is 11.1 Å². The van der Waals surface area contributed by atoms with Crippen molar-refractivity contribution in [2.75, 3.05) is 6.61 Å². The molecule has 3 aromatic carbocycles. The lowest BCUT2D eigenvalue weighted by Crippen LogP contribution is -2.36. The lowest BCUT2D eigenvalue weighted by Gasteiger charge is -2.23. The number of nitrogens with one attached hydrogen (secondary N) is 1. The van der Waals surface area contributed by atoms with Gasteiger partial charge < -0.3 is 24.6 Å². The highest BCUT2D eigenvalue weighted by Crippen LogP contribution is 2.29. The SMILES string of the molecule is CC(C)(C)OC(=O)Cc1ccccc1OCc1cc(Br)cc(-c2cccc(C(CO)NC(=O)OC(C)(C)C)c2)c1. The fourth-order valence-corrected chi connectivity index (χ4v) is 4.55. The lowest BCUT2D eigenvalue weighted by atomic mass is 9.98. The van der Waals surface area contributed by atoms with Crippen LogP contribution in [-0.4, -0.2) is 35.0 Å². The Bertz CT molecular complexity index is 1330. The number of carbonyl (C=O) groups excluding carboxylic acids is 2. The van der Waals surface area contributed by atoms with Gasteiger partial charge in [-0.3, -0.25) is 4.79 Å². The molecular formula is C32H38BrNO6. The minimum atomic E-state index is -0.642. The van der Waals surface area contributed by atoms with Gasteiger partial charge in [0.15, 0.2) is 0 Å². The minimum absolute atomic E-state index is 0.118. The van der Waals surface area contributed by atoms with Gasteiger partial charge in [0, 0.05) is 10.0 Å². The number of aliphatic hydroxyl groups is 1. The molecule has 0 saturated heterocycles. The van der Waals surface area contributed by atoms with Crippen molar-refractivity contribution in [3.63, 3.8) is 0 Å². The second-order valence-electron chi connectivity index (χ2n) is 11.5. The Kier molecular flexibility index (Phi) is 10.4. The van der Waals surface area contributed by atoms with Crippen molar-refractivity contribution in [2.24, 2.45) is 0 Å². The van der Waals surface area contributed by atoms with Crippen LogP contribution in [0.4, 0.5) is 4.79 Å². The van der Waals surface area contributed by atoms with Crippen LogP contribution >= 0.6 is 15.9 Å². The molecule has 7 nitrogen and oxygen atoms in total. The van der Waals surface area contributed by atoms with Crippen molar-refractivity contribution in [1.29, 1.82) is 0 Å². The van der Waals surface area contributed by atoms with Crippen molar-refractivity contribution >= 4 is 28.0 Å². The Morgan fingerprint density at radius 3 is 2.25 bits per heavy atom. The first-order valence-corrected chi connectivity index (χ1v) is 13.9. The highest BCUT2D eigenvalue weighted by molar-refractivity contribution is 9.10. The van der Waals surface area contributed by atoms with Gasteiger partial charge in [-0.15, -0.1) is 0 Å². The van der Waals surface area contributed by atoms with Crippen molar-refractivity contribution in [3.05, 3.63) is 87.9 Å². The summed E-state index contributed by atoms with van der Waals surface area (Å²) in [7, 11) is 0. The minimum Gasteiger partial charge on any atom is -0.489 e. The van der Waals surface area contributed by atoms with Crippen LogP contribution in [0.3, 0.4) is 0 Å². The first kappa shape index (κ1) is 31.2. The average Bonchev–Trinajstić information content (AvgIpc) is 2.84. The standard InChI is InChI=1S/C32H38BrNO6/c1-31(2,3)39-29(36)18-24-10-7-8-13-28(24)38-20-21-14-25(17-26(33)15-21)22-11-9-12-23(16-22)27(19-35)34-30(37)40-32(4,5)6/h7-17,27,35H,18-20H2,1-6H3,(H,34,37). The highest BCUT2D eigenvalue weighted by Gasteiger charge is 2.21. The molecule has 0 bridgehead atoms. The number of amides is 1. The maximum Gasteiger partial charge on any atom is 0.408 e. The molecule has 1 unspecified atom stereocenters. The van der Waals surface area contributed by atoms with Gasteiger partial charge in [-0.1, -0.05) is 52.3 Å². The Morgan fingerprint density at radius 1 is 0.875 bits per heavy atom. The van der Waals surface area contributed by atoms with E-state index in [4.69, 9.17) is 14.2 Å². The third kappa shape index (κ3) is 9.99. The van der Waals surface area contributed by atoms with Gasteiger partial charge in [0.2, 0.25) is 0 Å². The molecule has 40 heavy (non-hydrogen) atoms. The predicted octanol–water partition coefficient (Wildman–Crippen LogP) is 7.14. The summed E-state index contributed by atoms with van der Waals surface area (Å²) in [5.41, 5.74) is 3.08. The summed E-state index contributed by atoms with van der Waals surface area (Å²) >= 11 is 3.60. The smallest absolute Gasteiger partial charge is 0.408 e. The van der Waals surface area contributed by atoms with Crippen LogP contribution in [0.1, 0.15) is 64.3 Å². The van der Waals surface area contributed by atoms with Gasteiger partial charge in [0.05, 0.1) is 19.1 Å². The van der Waals surface area contributed by atoms with E-state index in [2.05, 4.69) is 21.2 Å². The number of alkyl carbamates (subject to hydrolysis) is 1. The molecule has 0 aliphatic heterocycles. The summed E-state index contributed by atoms with van der Waals surface area (Å²) < 4.78 is 17.8. The van der Waals surface area contributed by atoms with Crippen molar-refractivity contribution in [1.82, 2.24) is 5.32 Å². The monoisotopic (exact) mass is 611 g/mol. The average molecular weight is 613 g/mol. The molecule has 3 rings (SSSR count). The molecule has 0 heterocycles. The topological polar surface area (TPSA) is 94.1 Å². The summed E-state index contributed by atoms with van der Waals surface area (Å²) in [6, 6.07) is 20.5. The molecule has 1 amide bonds. The van der Waals surface area contributed by atoms with E-state index < -0.39 is 23.3 Å². The lowest BCUT2D eigenvalue weighted by molar-refractivity contribution is -0.153. The molecule has 214 valence electrons.